The number of amides is 1. The number of nitrogens with zero attached hydrogens (tertiary/aromatic N) is 1. The first-order valence-electron chi connectivity index (χ1n) is 5.11. The zero-order valence-electron chi connectivity index (χ0n) is 9.18. The number of carbonyl (C=O) groups excluding carboxylic acids is 1. The van der Waals surface area contributed by atoms with Crippen LogP contribution in [0.15, 0.2) is 41.3 Å². The maximum absolute atomic E-state index is 11.7. The third kappa shape index (κ3) is 2.85. The maximum atomic E-state index is 11.7. The molecule has 88 valence electrons. The van der Waals surface area contributed by atoms with Gasteiger partial charge in [-0.25, -0.2) is 4.98 Å². The molecule has 0 aliphatic carbocycles. The first-order valence-corrected chi connectivity index (χ1v) is 5.49. The number of benzene rings is 1. The van der Waals surface area contributed by atoms with Crippen LogP contribution in [-0.2, 0) is 0 Å². The Kier molecular flexibility index (Phi) is 3.44. The highest BCUT2D eigenvalue weighted by atomic mass is 35.5. The molecule has 2 rings (SSSR count). The first-order chi connectivity index (χ1) is 8.16. The molecule has 0 saturated heterocycles. The van der Waals surface area contributed by atoms with Crippen molar-refractivity contribution in [2.24, 2.45) is 0 Å². The van der Waals surface area contributed by atoms with Crippen molar-refractivity contribution in [3.8, 4) is 0 Å². The van der Waals surface area contributed by atoms with Crippen LogP contribution in [-0.4, -0.2) is 10.9 Å². The Morgan fingerprint density at radius 2 is 2.12 bits per heavy atom. The van der Waals surface area contributed by atoms with E-state index >= 15 is 0 Å². The lowest BCUT2D eigenvalue weighted by molar-refractivity contribution is 0.0912. The Labute approximate surface area is 104 Å². The molecule has 1 N–H and O–H groups in total. The molecule has 0 unspecified atom stereocenters. The molecule has 1 aromatic carbocycles. The Morgan fingerprint density at radius 1 is 1.41 bits per heavy atom. The van der Waals surface area contributed by atoms with Crippen LogP contribution in [0.4, 0.5) is 0 Å². The third-order valence-electron chi connectivity index (χ3n) is 2.37. The molecule has 0 bridgehead atoms. The van der Waals surface area contributed by atoms with Gasteiger partial charge in [0.25, 0.3) is 5.91 Å². The monoisotopic (exact) mass is 250 g/mol. The molecule has 1 amide bonds. The molecule has 5 heteroatoms. The number of oxazole rings is 1. The molecule has 0 spiro atoms. The lowest BCUT2D eigenvalue weighted by atomic mass is 10.1. The van der Waals surface area contributed by atoms with Gasteiger partial charge in [-0.3, -0.25) is 4.79 Å². The molecule has 1 heterocycles. The van der Waals surface area contributed by atoms with E-state index in [9.17, 15) is 4.79 Å². The van der Waals surface area contributed by atoms with E-state index in [-0.39, 0.29) is 17.7 Å². The van der Waals surface area contributed by atoms with Crippen molar-refractivity contribution in [2.75, 3.05) is 0 Å². The lowest BCUT2D eigenvalue weighted by Gasteiger charge is -2.13. The van der Waals surface area contributed by atoms with Gasteiger partial charge in [0.15, 0.2) is 6.39 Å². The summed E-state index contributed by atoms with van der Waals surface area (Å²) in [7, 11) is 0. The summed E-state index contributed by atoms with van der Waals surface area (Å²) in [5.74, 6) is -0.0873. The van der Waals surface area contributed by atoms with E-state index in [4.69, 9.17) is 16.0 Å². The summed E-state index contributed by atoms with van der Waals surface area (Å²) in [6.45, 7) is 1.89. The summed E-state index contributed by atoms with van der Waals surface area (Å²) in [4.78, 5) is 15.4. The van der Waals surface area contributed by atoms with Crippen molar-refractivity contribution in [3.63, 3.8) is 0 Å². The van der Waals surface area contributed by atoms with E-state index in [1.54, 1.807) is 12.1 Å². The number of aromatic nitrogens is 1. The van der Waals surface area contributed by atoms with E-state index in [0.29, 0.717) is 5.02 Å². The van der Waals surface area contributed by atoms with Gasteiger partial charge in [0, 0.05) is 5.02 Å². The zero-order valence-corrected chi connectivity index (χ0v) is 9.94. The quantitative estimate of drug-likeness (QED) is 0.911. The Bertz CT molecular complexity index is 494. The first kappa shape index (κ1) is 11.7. The van der Waals surface area contributed by atoms with Crippen molar-refractivity contribution in [3.05, 3.63) is 53.2 Å². The largest absolute Gasteiger partial charge is 0.438 e. The Morgan fingerprint density at radius 3 is 2.71 bits per heavy atom. The minimum atomic E-state index is -0.287. The highest BCUT2D eigenvalue weighted by Gasteiger charge is 2.13. The zero-order chi connectivity index (χ0) is 12.3. The van der Waals surface area contributed by atoms with E-state index in [2.05, 4.69) is 10.3 Å². The highest BCUT2D eigenvalue weighted by molar-refractivity contribution is 6.30. The topological polar surface area (TPSA) is 55.1 Å². The number of hydrogen-bond acceptors (Lipinski definition) is 3. The summed E-state index contributed by atoms with van der Waals surface area (Å²) < 4.78 is 4.91. The van der Waals surface area contributed by atoms with Crippen molar-refractivity contribution in [1.29, 1.82) is 0 Å². The van der Waals surface area contributed by atoms with Crippen LogP contribution < -0.4 is 5.32 Å². The van der Waals surface area contributed by atoms with Gasteiger partial charge in [-0.15, -0.1) is 0 Å². The minimum Gasteiger partial charge on any atom is -0.438 e. The van der Waals surface area contributed by atoms with Crippen LogP contribution >= 0.6 is 11.6 Å². The summed E-state index contributed by atoms with van der Waals surface area (Å²) in [5, 5.41) is 3.47. The van der Waals surface area contributed by atoms with E-state index < -0.39 is 0 Å². The molecule has 17 heavy (non-hydrogen) atoms. The van der Waals surface area contributed by atoms with E-state index in [0.717, 1.165) is 5.56 Å². The summed E-state index contributed by atoms with van der Waals surface area (Å²) >= 11 is 5.79. The molecule has 0 fully saturated rings. The summed E-state index contributed by atoms with van der Waals surface area (Å²) in [5.41, 5.74) is 0.974. The fourth-order valence-corrected chi connectivity index (χ4v) is 1.56. The number of halogens is 1. The SMILES string of the molecule is C[C@@H](NC(=O)c1cnco1)c1ccc(Cl)cc1. The predicted octanol–water partition coefficient (Wildman–Crippen LogP) is 2.82. The van der Waals surface area contributed by atoms with Crippen molar-refractivity contribution >= 4 is 17.5 Å². The molecular weight excluding hydrogens is 240 g/mol. The van der Waals surface area contributed by atoms with Crippen LogP contribution in [0, 0.1) is 0 Å². The van der Waals surface area contributed by atoms with Gasteiger partial charge in [0.1, 0.15) is 0 Å². The fraction of sp³-hybridized carbons (Fsp3) is 0.167. The smallest absolute Gasteiger partial charge is 0.289 e. The highest BCUT2D eigenvalue weighted by Crippen LogP contribution is 2.16. The summed E-state index contributed by atoms with van der Waals surface area (Å²) in [6, 6.07) is 7.19. The van der Waals surface area contributed by atoms with Gasteiger partial charge >= 0.3 is 0 Å². The number of nitrogens with one attached hydrogen (secondary N) is 1. The van der Waals surface area contributed by atoms with Gasteiger partial charge in [-0.2, -0.15) is 0 Å². The molecular formula is C12H11ClN2O2. The van der Waals surface area contributed by atoms with E-state index in [1.165, 1.54) is 12.6 Å². The Hall–Kier alpha value is -1.81. The van der Waals surface area contributed by atoms with Gasteiger partial charge in [-0.05, 0) is 24.6 Å². The molecule has 2 aromatic rings. The maximum Gasteiger partial charge on any atom is 0.289 e. The molecule has 1 aromatic heterocycles. The van der Waals surface area contributed by atoms with E-state index in [1.807, 2.05) is 19.1 Å². The molecule has 4 nitrogen and oxygen atoms in total. The normalized spacial score (nSPS) is 12.1. The molecule has 0 saturated carbocycles. The fourth-order valence-electron chi connectivity index (χ4n) is 1.43. The number of rotatable bonds is 3. The molecule has 0 aliphatic heterocycles. The second-order valence-electron chi connectivity index (χ2n) is 3.61. The van der Waals surface area contributed by atoms with Gasteiger partial charge in [0.05, 0.1) is 12.2 Å². The van der Waals surface area contributed by atoms with Gasteiger partial charge < -0.3 is 9.73 Å². The molecule has 0 radical (unpaired) electrons. The minimum absolute atomic E-state index is 0.120. The average molecular weight is 251 g/mol. The van der Waals surface area contributed by atoms with Crippen molar-refractivity contribution in [2.45, 2.75) is 13.0 Å². The Balaban J connectivity index is 2.04. The number of carbonyl (C=O) groups is 1. The molecule has 0 aliphatic rings. The summed E-state index contributed by atoms with van der Waals surface area (Å²) in [6.07, 6.45) is 2.60. The molecule has 1 atom stereocenters. The third-order valence-corrected chi connectivity index (χ3v) is 2.63. The second kappa shape index (κ2) is 5.01. The lowest BCUT2D eigenvalue weighted by Crippen LogP contribution is -2.26. The van der Waals surface area contributed by atoms with Crippen LogP contribution in [0.3, 0.4) is 0 Å². The van der Waals surface area contributed by atoms with Crippen LogP contribution in [0.5, 0.6) is 0 Å². The van der Waals surface area contributed by atoms with Crippen LogP contribution in [0.25, 0.3) is 0 Å². The van der Waals surface area contributed by atoms with Crippen LogP contribution in [0.1, 0.15) is 29.1 Å². The van der Waals surface area contributed by atoms with Crippen molar-refractivity contribution in [1.82, 2.24) is 10.3 Å². The van der Waals surface area contributed by atoms with Crippen molar-refractivity contribution < 1.29 is 9.21 Å². The predicted molar refractivity (Wildman–Crippen MR) is 63.8 cm³/mol. The van der Waals surface area contributed by atoms with Crippen LogP contribution in [0.2, 0.25) is 5.02 Å². The average Bonchev–Trinajstić information content (AvgIpc) is 2.83. The standard InChI is InChI=1S/C12H11ClN2O2/c1-8(9-2-4-10(13)5-3-9)15-12(16)11-6-14-7-17-11/h2-8H,1H3,(H,15,16)/t8-/m1/s1. The number of hydrogen-bond donors (Lipinski definition) is 1. The second-order valence-corrected chi connectivity index (χ2v) is 4.05. The van der Waals surface area contributed by atoms with Gasteiger partial charge in [0.2, 0.25) is 5.76 Å². The van der Waals surface area contributed by atoms with Gasteiger partial charge in [-0.1, -0.05) is 23.7 Å².